The third-order valence-electron chi connectivity index (χ3n) is 2.33. The van der Waals surface area contributed by atoms with Crippen LogP contribution in [0, 0.1) is 6.92 Å². The Kier molecular flexibility index (Phi) is 4.67. The molecule has 0 saturated carbocycles. The third-order valence-corrected chi connectivity index (χ3v) is 4.68. The van der Waals surface area contributed by atoms with Crippen molar-refractivity contribution in [2.45, 2.75) is 39.4 Å². The Labute approximate surface area is 114 Å². The molecule has 4 heteroatoms. The number of halogens is 1. The quantitative estimate of drug-likeness (QED) is 0.758. The fraction of sp³-hybridized carbons (Fsp3) is 0.462. The second-order valence-corrected chi connectivity index (χ2v) is 7.76. The maximum Gasteiger partial charge on any atom is 0.145 e. The molecule has 94 valence electrons. The van der Waals surface area contributed by atoms with E-state index in [1.54, 1.807) is 0 Å². The Bertz CT molecular complexity index is 475. The van der Waals surface area contributed by atoms with Crippen LogP contribution in [0.3, 0.4) is 0 Å². The summed E-state index contributed by atoms with van der Waals surface area (Å²) in [5, 5.41) is 0. The van der Waals surface area contributed by atoms with Crippen molar-refractivity contribution in [3.05, 3.63) is 33.8 Å². The molecule has 0 aliphatic carbocycles. The van der Waals surface area contributed by atoms with Crippen molar-refractivity contribution < 1.29 is 4.21 Å². The fourth-order valence-electron chi connectivity index (χ4n) is 1.13. The first-order valence-electron chi connectivity index (χ1n) is 5.45. The lowest BCUT2D eigenvalue weighted by Crippen LogP contribution is -2.20. The second kappa shape index (κ2) is 5.44. The predicted molar refractivity (Wildman–Crippen MR) is 79.0 cm³/mol. The lowest BCUT2D eigenvalue weighted by atomic mass is 10.1. The molecule has 17 heavy (non-hydrogen) atoms. The molecule has 0 aliphatic rings. The van der Waals surface area contributed by atoms with Crippen molar-refractivity contribution in [2.75, 3.05) is 0 Å². The van der Waals surface area contributed by atoms with Gasteiger partial charge in [0.1, 0.15) is 11.0 Å². The number of hydrogen-bond acceptors (Lipinski definition) is 1. The predicted octanol–water partition coefficient (Wildman–Crippen LogP) is 4.03. The van der Waals surface area contributed by atoms with Gasteiger partial charge in [-0.3, -0.25) is 0 Å². The van der Waals surface area contributed by atoms with Gasteiger partial charge in [0.25, 0.3) is 0 Å². The highest BCUT2D eigenvalue weighted by Crippen LogP contribution is 2.19. The molecule has 0 fully saturated rings. The van der Waals surface area contributed by atoms with Crippen LogP contribution in [0.4, 0.5) is 0 Å². The zero-order valence-electron chi connectivity index (χ0n) is 10.9. The van der Waals surface area contributed by atoms with Crippen LogP contribution in [0.25, 0.3) is 0 Å². The Balaban J connectivity index is 3.04. The molecule has 0 aromatic heterocycles. The van der Waals surface area contributed by atoms with E-state index in [0.29, 0.717) is 0 Å². The van der Waals surface area contributed by atoms with Crippen LogP contribution in [-0.2, 0) is 11.0 Å². The molecular formula is C13H18BrNOS. The molecular weight excluding hydrogens is 298 g/mol. The highest BCUT2D eigenvalue weighted by Gasteiger charge is 2.19. The number of hydrogen-bond donors (Lipinski definition) is 0. The van der Waals surface area contributed by atoms with Crippen LogP contribution in [0.5, 0.6) is 0 Å². The van der Waals surface area contributed by atoms with E-state index in [9.17, 15) is 4.21 Å². The smallest absolute Gasteiger partial charge is 0.145 e. The van der Waals surface area contributed by atoms with Crippen LogP contribution in [0.2, 0.25) is 0 Å². The summed E-state index contributed by atoms with van der Waals surface area (Å²) in [6.45, 7) is 9.69. The topological polar surface area (TPSA) is 29.4 Å². The summed E-state index contributed by atoms with van der Waals surface area (Å²) in [6, 6.07) is 6.03. The number of rotatable bonds is 2. The van der Waals surface area contributed by atoms with Crippen LogP contribution in [0.15, 0.2) is 27.1 Å². The highest BCUT2D eigenvalue weighted by atomic mass is 79.9. The molecule has 0 unspecified atom stereocenters. The van der Waals surface area contributed by atoms with Crippen LogP contribution >= 0.6 is 15.9 Å². The minimum Gasteiger partial charge on any atom is -0.234 e. The minimum atomic E-state index is -1.21. The van der Waals surface area contributed by atoms with Gasteiger partial charge in [-0.05, 0) is 51.8 Å². The zero-order valence-corrected chi connectivity index (χ0v) is 13.3. The molecule has 0 spiro atoms. The van der Waals surface area contributed by atoms with Gasteiger partial charge in [0.2, 0.25) is 0 Å². The molecule has 0 radical (unpaired) electrons. The van der Waals surface area contributed by atoms with Gasteiger partial charge in [0, 0.05) is 4.47 Å². The van der Waals surface area contributed by atoms with Crippen LogP contribution < -0.4 is 0 Å². The average Bonchev–Trinajstić information content (AvgIpc) is 2.20. The normalized spacial score (nSPS) is 14.8. The van der Waals surface area contributed by atoms with Crippen molar-refractivity contribution in [3.63, 3.8) is 0 Å². The van der Waals surface area contributed by atoms with Crippen LogP contribution in [0.1, 0.15) is 38.8 Å². The van der Waals surface area contributed by atoms with E-state index in [1.165, 1.54) is 5.56 Å². The largest absolute Gasteiger partial charge is 0.234 e. The van der Waals surface area contributed by atoms with Gasteiger partial charge in [0.15, 0.2) is 0 Å². The monoisotopic (exact) mass is 315 g/mol. The first kappa shape index (κ1) is 14.6. The standard InChI is InChI=1S/C13H18BrNOS/c1-9-6-7-11(8-12(9)14)10(2)15-17(16)13(3,4)5/h6-8H,1-5H3/t17-/m1/s1. The summed E-state index contributed by atoms with van der Waals surface area (Å²) in [5.74, 6) is 0. The van der Waals surface area contributed by atoms with Gasteiger partial charge in [-0.1, -0.05) is 28.1 Å². The molecule has 0 amide bonds. The van der Waals surface area contributed by atoms with Gasteiger partial charge in [-0.2, -0.15) is 4.40 Å². The van der Waals surface area contributed by atoms with E-state index in [4.69, 9.17) is 0 Å². The van der Waals surface area contributed by atoms with E-state index in [1.807, 2.05) is 52.8 Å². The Hall–Kier alpha value is -0.480. The van der Waals surface area contributed by atoms with E-state index in [0.717, 1.165) is 15.7 Å². The van der Waals surface area contributed by atoms with Gasteiger partial charge in [-0.15, -0.1) is 0 Å². The van der Waals surface area contributed by atoms with Crippen molar-refractivity contribution in [2.24, 2.45) is 4.40 Å². The van der Waals surface area contributed by atoms with Crippen molar-refractivity contribution in [1.29, 1.82) is 0 Å². The SMILES string of the molecule is CC(=N[S@](=O)C(C)(C)C)c1ccc(C)c(Br)c1. The zero-order chi connectivity index (χ0) is 13.2. The molecule has 2 nitrogen and oxygen atoms in total. The summed E-state index contributed by atoms with van der Waals surface area (Å²) in [6.07, 6.45) is 0. The fourth-order valence-corrected chi connectivity index (χ4v) is 2.14. The molecule has 1 rings (SSSR count). The maximum atomic E-state index is 11.9. The van der Waals surface area contributed by atoms with Gasteiger partial charge < -0.3 is 0 Å². The van der Waals surface area contributed by atoms with E-state index in [-0.39, 0.29) is 4.75 Å². The Morgan fingerprint density at radius 3 is 2.41 bits per heavy atom. The number of aryl methyl sites for hydroxylation is 1. The number of nitrogens with zero attached hydrogens (tertiary/aromatic N) is 1. The molecule has 0 bridgehead atoms. The average molecular weight is 316 g/mol. The summed E-state index contributed by atoms with van der Waals surface area (Å²) in [5.41, 5.74) is 2.98. The molecule has 1 aromatic rings. The van der Waals surface area contributed by atoms with Gasteiger partial charge in [0.05, 0.1) is 10.5 Å². The molecule has 0 saturated heterocycles. The Morgan fingerprint density at radius 1 is 1.35 bits per heavy atom. The van der Waals surface area contributed by atoms with E-state index in [2.05, 4.69) is 20.3 Å². The summed E-state index contributed by atoms with van der Waals surface area (Å²) in [7, 11) is -1.21. The lowest BCUT2D eigenvalue weighted by Gasteiger charge is -2.14. The van der Waals surface area contributed by atoms with Gasteiger partial charge >= 0.3 is 0 Å². The molecule has 1 atom stereocenters. The van der Waals surface area contributed by atoms with E-state index < -0.39 is 11.0 Å². The van der Waals surface area contributed by atoms with Gasteiger partial charge in [-0.25, -0.2) is 4.21 Å². The van der Waals surface area contributed by atoms with Crippen molar-refractivity contribution in [1.82, 2.24) is 0 Å². The minimum absolute atomic E-state index is 0.316. The Morgan fingerprint density at radius 2 is 1.94 bits per heavy atom. The molecule has 0 heterocycles. The summed E-state index contributed by atoms with van der Waals surface area (Å²) >= 11 is 3.49. The first-order chi connectivity index (χ1) is 7.71. The van der Waals surface area contributed by atoms with Crippen LogP contribution in [-0.4, -0.2) is 14.7 Å². The molecule has 1 aromatic carbocycles. The van der Waals surface area contributed by atoms with Crippen molar-refractivity contribution in [3.8, 4) is 0 Å². The molecule has 0 aliphatic heterocycles. The maximum absolute atomic E-state index is 11.9. The first-order valence-corrected chi connectivity index (χ1v) is 7.35. The third kappa shape index (κ3) is 4.03. The summed E-state index contributed by atoms with van der Waals surface area (Å²) < 4.78 is 16.9. The highest BCUT2D eigenvalue weighted by molar-refractivity contribution is 9.10. The summed E-state index contributed by atoms with van der Waals surface area (Å²) in [4.78, 5) is 0. The molecule has 0 N–H and O–H groups in total. The van der Waals surface area contributed by atoms with Crippen molar-refractivity contribution >= 4 is 32.6 Å². The second-order valence-electron chi connectivity index (χ2n) is 5.00. The lowest BCUT2D eigenvalue weighted by molar-refractivity contribution is 0.650. The number of benzene rings is 1. The van der Waals surface area contributed by atoms with E-state index >= 15 is 0 Å².